The van der Waals surface area contributed by atoms with Crippen LogP contribution in [-0.4, -0.2) is 10.5 Å². The zero-order valence-electron chi connectivity index (χ0n) is 12.7. The van der Waals surface area contributed by atoms with Gasteiger partial charge in [-0.15, -0.1) is 0 Å². The zero-order valence-corrected chi connectivity index (χ0v) is 13.4. The summed E-state index contributed by atoms with van der Waals surface area (Å²) in [6.07, 6.45) is 3.58. The molecule has 0 unspecified atom stereocenters. The van der Waals surface area contributed by atoms with Crippen LogP contribution in [0.25, 0.3) is 0 Å². The molecular weight excluding hydrogens is 284 g/mol. The molecule has 0 saturated carbocycles. The smallest absolute Gasteiger partial charge is 0.127 e. The highest BCUT2D eigenvalue weighted by Gasteiger charge is 2.11. The number of halogens is 1. The molecule has 2 rings (SSSR count). The van der Waals surface area contributed by atoms with E-state index in [-0.39, 0.29) is 5.54 Å². The van der Waals surface area contributed by atoms with Gasteiger partial charge in [-0.2, -0.15) is 0 Å². The number of aromatic nitrogens is 1. The van der Waals surface area contributed by atoms with E-state index in [2.05, 4.69) is 31.1 Å². The van der Waals surface area contributed by atoms with E-state index in [9.17, 15) is 0 Å². The molecule has 0 spiro atoms. The largest absolute Gasteiger partial charge is 0.488 e. The van der Waals surface area contributed by atoms with E-state index >= 15 is 0 Å². The summed E-state index contributed by atoms with van der Waals surface area (Å²) < 4.78 is 5.90. The normalized spacial score (nSPS) is 11.4. The van der Waals surface area contributed by atoms with Crippen LogP contribution >= 0.6 is 11.6 Å². The number of nitrogens with zero attached hydrogens (tertiary/aromatic N) is 1. The average molecular weight is 305 g/mol. The molecule has 0 radical (unpaired) electrons. The van der Waals surface area contributed by atoms with Gasteiger partial charge in [-0.05, 0) is 44.5 Å². The fourth-order valence-corrected chi connectivity index (χ4v) is 2.05. The third-order valence-electron chi connectivity index (χ3n) is 2.95. The Morgan fingerprint density at radius 2 is 2.05 bits per heavy atom. The van der Waals surface area contributed by atoms with Crippen LogP contribution in [-0.2, 0) is 13.2 Å². The quantitative estimate of drug-likeness (QED) is 0.899. The van der Waals surface area contributed by atoms with Crippen molar-refractivity contribution in [3.8, 4) is 5.75 Å². The van der Waals surface area contributed by atoms with Gasteiger partial charge in [0.15, 0.2) is 0 Å². The van der Waals surface area contributed by atoms with Crippen LogP contribution in [0, 0.1) is 0 Å². The van der Waals surface area contributed by atoms with Gasteiger partial charge in [0.25, 0.3) is 0 Å². The van der Waals surface area contributed by atoms with Crippen LogP contribution in [0.15, 0.2) is 42.7 Å². The van der Waals surface area contributed by atoms with E-state index in [0.29, 0.717) is 6.61 Å². The predicted molar refractivity (Wildman–Crippen MR) is 86.6 cm³/mol. The standard InChI is InChI=1S/C17H21ClN2O/c1-17(2,3)20-11-14-10-19-8-7-16(14)21-12-13-5-4-6-15(18)9-13/h4-10,20H,11-12H2,1-3H3. The van der Waals surface area contributed by atoms with Crippen LogP contribution in [0.5, 0.6) is 5.75 Å². The van der Waals surface area contributed by atoms with Crippen LogP contribution in [0.2, 0.25) is 5.02 Å². The van der Waals surface area contributed by atoms with E-state index in [1.807, 2.05) is 36.5 Å². The van der Waals surface area contributed by atoms with Crippen molar-refractivity contribution < 1.29 is 4.74 Å². The molecule has 21 heavy (non-hydrogen) atoms. The van der Waals surface area contributed by atoms with Crippen molar-refractivity contribution >= 4 is 11.6 Å². The Morgan fingerprint density at radius 1 is 1.24 bits per heavy atom. The number of pyridine rings is 1. The van der Waals surface area contributed by atoms with Crippen LogP contribution in [0.1, 0.15) is 31.9 Å². The second-order valence-corrected chi connectivity index (χ2v) is 6.44. The van der Waals surface area contributed by atoms with Gasteiger partial charge < -0.3 is 10.1 Å². The van der Waals surface area contributed by atoms with Gasteiger partial charge in [-0.25, -0.2) is 0 Å². The third-order valence-corrected chi connectivity index (χ3v) is 3.19. The highest BCUT2D eigenvalue weighted by atomic mass is 35.5. The molecule has 0 bridgehead atoms. The Morgan fingerprint density at radius 3 is 2.76 bits per heavy atom. The lowest BCUT2D eigenvalue weighted by Gasteiger charge is -2.21. The Kier molecular flexibility index (Phi) is 5.21. The van der Waals surface area contributed by atoms with Crippen molar-refractivity contribution in [2.45, 2.75) is 39.5 Å². The van der Waals surface area contributed by atoms with Crippen molar-refractivity contribution in [1.29, 1.82) is 0 Å². The molecule has 0 saturated heterocycles. The summed E-state index contributed by atoms with van der Waals surface area (Å²) in [6, 6.07) is 9.59. The number of hydrogen-bond donors (Lipinski definition) is 1. The van der Waals surface area contributed by atoms with E-state index in [1.54, 1.807) is 6.20 Å². The zero-order chi connectivity index (χ0) is 15.3. The number of hydrogen-bond acceptors (Lipinski definition) is 3. The van der Waals surface area contributed by atoms with E-state index in [4.69, 9.17) is 16.3 Å². The van der Waals surface area contributed by atoms with Gasteiger partial charge in [0.05, 0.1) is 0 Å². The molecule has 0 fully saturated rings. The van der Waals surface area contributed by atoms with Gasteiger partial charge in [-0.1, -0.05) is 23.7 Å². The first-order valence-electron chi connectivity index (χ1n) is 6.99. The van der Waals surface area contributed by atoms with Gasteiger partial charge in [-0.3, -0.25) is 4.98 Å². The molecule has 0 aliphatic heterocycles. The van der Waals surface area contributed by atoms with Gasteiger partial charge in [0.2, 0.25) is 0 Å². The molecule has 1 aromatic heterocycles. The molecule has 4 heteroatoms. The lowest BCUT2D eigenvalue weighted by molar-refractivity contribution is 0.299. The maximum atomic E-state index is 5.98. The summed E-state index contributed by atoms with van der Waals surface area (Å²) in [4.78, 5) is 4.17. The molecule has 3 nitrogen and oxygen atoms in total. The molecule has 112 valence electrons. The minimum Gasteiger partial charge on any atom is -0.488 e. The highest BCUT2D eigenvalue weighted by molar-refractivity contribution is 6.30. The molecule has 0 aliphatic carbocycles. The van der Waals surface area contributed by atoms with Gasteiger partial charge in [0, 0.05) is 35.1 Å². The maximum Gasteiger partial charge on any atom is 0.127 e. The fourth-order valence-electron chi connectivity index (χ4n) is 1.84. The number of ether oxygens (including phenoxy) is 1. The molecule has 0 amide bonds. The summed E-state index contributed by atoms with van der Waals surface area (Å²) in [7, 11) is 0. The van der Waals surface area contributed by atoms with Crippen molar-refractivity contribution in [3.63, 3.8) is 0 Å². The maximum absolute atomic E-state index is 5.98. The van der Waals surface area contributed by atoms with Gasteiger partial charge >= 0.3 is 0 Å². The Bertz CT molecular complexity index is 593. The summed E-state index contributed by atoms with van der Waals surface area (Å²) in [5.74, 6) is 0.849. The molecule has 1 heterocycles. The molecule has 1 aromatic carbocycles. The first kappa shape index (κ1) is 15.8. The van der Waals surface area contributed by atoms with Crippen LogP contribution < -0.4 is 10.1 Å². The van der Waals surface area contributed by atoms with Crippen LogP contribution in [0.3, 0.4) is 0 Å². The monoisotopic (exact) mass is 304 g/mol. The summed E-state index contributed by atoms with van der Waals surface area (Å²) in [5, 5.41) is 4.17. The van der Waals surface area contributed by atoms with E-state index < -0.39 is 0 Å². The lowest BCUT2D eigenvalue weighted by Crippen LogP contribution is -2.35. The van der Waals surface area contributed by atoms with Crippen molar-refractivity contribution in [2.24, 2.45) is 0 Å². The number of nitrogens with one attached hydrogen (secondary N) is 1. The minimum absolute atomic E-state index is 0.0556. The predicted octanol–water partition coefficient (Wildman–Crippen LogP) is 4.20. The fraction of sp³-hybridized carbons (Fsp3) is 0.353. The summed E-state index contributed by atoms with van der Waals surface area (Å²) >= 11 is 5.98. The minimum atomic E-state index is 0.0556. The molecule has 0 atom stereocenters. The van der Waals surface area contributed by atoms with E-state index in [1.165, 1.54) is 0 Å². The molecular formula is C17H21ClN2O. The highest BCUT2D eigenvalue weighted by Crippen LogP contribution is 2.20. The Labute approximate surface area is 131 Å². The van der Waals surface area contributed by atoms with Crippen molar-refractivity contribution in [2.75, 3.05) is 0 Å². The van der Waals surface area contributed by atoms with Crippen LogP contribution in [0.4, 0.5) is 0 Å². The summed E-state index contributed by atoms with van der Waals surface area (Å²) in [6.45, 7) is 7.62. The average Bonchev–Trinajstić information content (AvgIpc) is 2.43. The Hall–Kier alpha value is -1.58. The van der Waals surface area contributed by atoms with Crippen molar-refractivity contribution in [1.82, 2.24) is 10.3 Å². The molecule has 1 N–H and O–H groups in total. The second kappa shape index (κ2) is 6.92. The topological polar surface area (TPSA) is 34.2 Å². The number of rotatable bonds is 5. The number of benzene rings is 1. The molecule has 0 aliphatic rings. The third kappa shape index (κ3) is 5.37. The second-order valence-electron chi connectivity index (χ2n) is 6.01. The first-order chi connectivity index (χ1) is 9.94. The first-order valence-corrected chi connectivity index (χ1v) is 7.37. The summed E-state index contributed by atoms with van der Waals surface area (Å²) in [5.41, 5.74) is 2.16. The SMILES string of the molecule is CC(C)(C)NCc1cnccc1OCc1cccc(Cl)c1. The molecule has 2 aromatic rings. The van der Waals surface area contributed by atoms with E-state index in [0.717, 1.165) is 28.4 Å². The van der Waals surface area contributed by atoms with Crippen molar-refractivity contribution in [3.05, 3.63) is 58.9 Å². The Balaban J connectivity index is 2.03. The lowest BCUT2D eigenvalue weighted by atomic mass is 10.1. The van der Waals surface area contributed by atoms with Gasteiger partial charge in [0.1, 0.15) is 12.4 Å².